The highest BCUT2D eigenvalue weighted by Gasteiger charge is 2.26. The Morgan fingerprint density at radius 2 is 2.16 bits per heavy atom. The summed E-state index contributed by atoms with van der Waals surface area (Å²) >= 11 is 0. The van der Waals surface area contributed by atoms with E-state index in [2.05, 4.69) is 19.2 Å². The molecule has 0 bridgehead atoms. The van der Waals surface area contributed by atoms with Crippen molar-refractivity contribution in [1.82, 2.24) is 10.2 Å². The van der Waals surface area contributed by atoms with Crippen LogP contribution in [0.1, 0.15) is 20.3 Å². The number of nitrogens with zero attached hydrogens (tertiary/aromatic N) is 1. The summed E-state index contributed by atoms with van der Waals surface area (Å²) in [6, 6.07) is 0. The number of rotatable bonds is 6. The van der Waals surface area contributed by atoms with Gasteiger partial charge in [0, 0.05) is 19.7 Å². The van der Waals surface area contributed by atoms with Crippen LogP contribution < -0.4 is 11.1 Å². The van der Waals surface area contributed by atoms with Gasteiger partial charge in [0.2, 0.25) is 11.8 Å². The van der Waals surface area contributed by atoms with Crippen LogP contribution in [0, 0.1) is 5.92 Å². The first-order chi connectivity index (χ1) is 8.52. The average Bonchev–Trinajstić information content (AvgIpc) is 2.81. The molecule has 3 N–H and O–H groups in total. The van der Waals surface area contributed by atoms with E-state index >= 15 is 0 Å². The van der Waals surface area contributed by atoms with Crippen molar-refractivity contribution < 1.29 is 14.3 Å². The lowest BCUT2D eigenvalue weighted by Gasteiger charge is -2.17. The smallest absolute Gasteiger partial charge is 0.242 e. The molecule has 1 unspecified atom stereocenters. The Balaban J connectivity index is 0.00000324. The van der Waals surface area contributed by atoms with Crippen LogP contribution in [0.4, 0.5) is 0 Å². The molecule has 1 saturated heterocycles. The van der Waals surface area contributed by atoms with Crippen molar-refractivity contribution >= 4 is 24.2 Å². The SMILES string of the molecule is CC(C)COC1CCN(C(=O)CNC(=O)CN)C1.Cl. The zero-order chi connectivity index (χ0) is 13.5. The molecule has 2 amide bonds. The minimum atomic E-state index is -0.310. The van der Waals surface area contributed by atoms with Gasteiger partial charge in [-0.05, 0) is 12.3 Å². The van der Waals surface area contributed by atoms with E-state index in [4.69, 9.17) is 10.5 Å². The summed E-state index contributed by atoms with van der Waals surface area (Å²) in [6.45, 7) is 6.15. The molecular formula is C12H24ClN3O3. The molecule has 1 fully saturated rings. The van der Waals surface area contributed by atoms with Gasteiger partial charge in [-0.2, -0.15) is 0 Å². The molecule has 1 heterocycles. The van der Waals surface area contributed by atoms with Crippen LogP contribution in [-0.4, -0.2) is 55.6 Å². The number of hydrogen-bond donors (Lipinski definition) is 2. The third kappa shape index (κ3) is 6.75. The molecule has 0 aliphatic carbocycles. The quantitative estimate of drug-likeness (QED) is 0.708. The van der Waals surface area contributed by atoms with Gasteiger partial charge in [-0.3, -0.25) is 9.59 Å². The molecule has 0 aromatic heterocycles. The minimum Gasteiger partial charge on any atom is -0.376 e. The Morgan fingerprint density at radius 3 is 2.74 bits per heavy atom. The summed E-state index contributed by atoms with van der Waals surface area (Å²) in [5.74, 6) is 0.112. The Hall–Kier alpha value is -0.850. The second-order valence-electron chi connectivity index (χ2n) is 4.96. The van der Waals surface area contributed by atoms with Crippen LogP contribution in [-0.2, 0) is 14.3 Å². The van der Waals surface area contributed by atoms with E-state index in [0.29, 0.717) is 19.0 Å². The van der Waals surface area contributed by atoms with Gasteiger partial charge in [0.1, 0.15) is 0 Å². The number of nitrogens with one attached hydrogen (secondary N) is 1. The van der Waals surface area contributed by atoms with E-state index in [-0.39, 0.29) is 43.4 Å². The van der Waals surface area contributed by atoms with Crippen LogP contribution >= 0.6 is 12.4 Å². The Labute approximate surface area is 120 Å². The first-order valence-corrected chi connectivity index (χ1v) is 6.39. The van der Waals surface area contributed by atoms with E-state index in [9.17, 15) is 9.59 Å². The molecule has 6 nitrogen and oxygen atoms in total. The lowest BCUT2D eigenvalue weighted by Crippen LogP contribution is -2.41. The predicted molar refractivity (Wildman–Crippen MR) is 75.1 cm³/mol. The zero-order valence-electron chi connectivity index (χ0n) is 11.6. The maximum atomic E-state index is 11.8. The van der Waals surface area contributed by atoms with Gasteiger partial charge in [0.05, 0.1) is 19.2 Å². The summed E-state index contributed by atoms with van der Waals surface area (Å²) in [5.41, 5.74) is 5.14. The number of halogens is 1. The van der Waals surface area contributed by atoms with Crippen molar-refractivity contribution in [2.45, 2.75) is 26.4 Å². The molecule has 0 saturated carbocycles. The van der Waals surface area contributed by atoms with Crippen molar-refractivity contribution in [2.24, 2.45) is 11.7 Å². The fourth-order valence-corrected chi connectivity index (χ4v) is 1.78. The summed E-state index contributed by atoms with van der Waals surface area (Å²) < 4.78 is 5.69. The molecule has 0 aromatic rings. The molecule has 1 aliphatic rings. The Bertz CT molecular complexity index is 300. The highest BCUT2D eigenvalue weighted by molar-refractivity contribution is 5.85. The maximum absolute atomic E-state index is 11.8. The van der Waals surface area contributed by atoms with E-state index in [1.807, 2.05) is 0 Å². The van der Waals surface area contributed by atoms with Crippen LogP contribution in [0.15, 0.2) is 0 Å². The molecule has 7 heteroatoms. The summed E-state index contributed by atoms with van der Waals surface area (Å²) in [6.07, 6.45) is 0.991. The second kappa shape index (κ2) is 9.12. The summed E-state index contributed by atoms with van der Waals surface area (Å²) in [4.78, 5) is 24.4. The number of ether oxygens (including phenoxy) is 1. The van der Waals surface area contributed by atoms with Gasteiger partial charge in [0.25, 0.3) is 0 Å². The monoisotopic (exact) mass is 293 g/mol. The van der Waals surface area contributed by atoms with Crippen molar-refractivity contribution in [3.05, 3.63) is 0 Å². The number of amides is 2. The molecule has 1 rings (SSSR count). The maximum Gasteiger partial charge on any atom is 0.242 e. The predicted octanol–water partition coefficient (Wildman–Crippen LogP) is -0.243. The van der Waals surface area contributed by atoms with Crippen molar-refractivity contribution in [3.8, 4) is 0 Å². The topological polar surface area (TPSA) is 84.7 Å². The standard InChI is InChI=1S/C12H23N3O3.ClH/c1-9(2)8-18-10-3-4-15(7-10)12(17)6-14-11(16)5-13;/h9-10H,3-8,13H2,1-2H3,(H,14,16);1H. The molecule has 0 radical (unpaired) electrons. The van der Waals surface area contributed by atoms with Gasteiger partial charge >= 0.3 is 0 Å². The Kier molecular flexibility index (Phi) is 8.71. The van der Waals surface area contributed by atoms with Crippen molar-refractivity contribution in [2.75, 3.05) is 32.8 Å². The fraction of sp³-hybridized carbons (Fsp3) is 0.833. The van der Waals surface area contributed by atoms with Crippen molar-refractivity contribution in [3.63, 3.8) is 0 Å². The lowest BCUT2D eigenvalue weighted by atomic mass is 10.2. The van der Waals surface area contributed by atoms with E-state index in [0.717, 1.165) is 13.0 Å². The molecule has 0 aromatic carbocycles. The van der Waals surface area contributed by atoms with Gasteiger partial charge in [-0.15, -0.1) is 12.4 Å². The van der Waals surface area contributed by atoms with Gasteiger partial charge < -0.3 is 20.7 Å². The third-order valence-corrected chi connectivity index (χ3v) is 2.79. The summed E-state index contributed by atoms with van der Waals surface area (Å²) in [7, 11) is 0. The molecule has 19 heavy (non-hydrogen) atoms. The van der Waals surface area contributed by atoms with E-state index in [1.54, 1.807) is 4.90 Å². The first-order valence-electron chi connectivity index (χ1n) is 6.39. The highest BCUT2D eigenvalue weighted by atomic mass is 35.5. The van der Waals surface area contributed by atoms with E-state index in [1.165, 1.54) is 0 Å². The number of carbonyl (C=O) groups excluding carboxylic acids is 2. The lowest BCUT2D eigenvalue weighted by molar-refractivity contribution is -0.132. The molecular weight excluding hydrogens is 270 g/mol. The normalized spacial score (nSPS) is 18.3. The first kappa shape index (κ1) is 18.1. The highest BCUT2D eigenvalue weighted by Crippen LogP contribution is 2.13. The Morgan fingerprint density at radius 1 is 1.47 bits per heavy atom. The average molecular weight is 294 g/mol. The fourth-order valence-electron chi connectivity index (χ4n) is 1.78. The molecule has 1 aliphatic heterocycles. The number of hydrogen-bond acceptors (Lipinski definition) is 4. The number of carbonyl (C=O) groups is 2. The van der Waals surface area contributed by atoms with Crippen LogP contribution in [0.5, 0.6) is 0 Å². The molecule has 1 atom stereocenters. The summed E-state index contributed by atoms with van der Waals surface area (Å²) in [5, 5.41) is 2.48. The van der Waals surface area contributed by atoms with Crippen LogP contribution in [0.25, 0.3) is 0 Å². The number of nitrogens with two attached hydrogens (primary N) is 1. The third-order valence-electron chi connectivity index (χ3n) is 2.79. The second-order valence-corrected chi connectivity index (χ2v) is 4.96. The van der Waals surface area contributed by atoms with Gasteiger partial charge in [0.15, 0.2) is 0 Å². The largest absolute Gasteiger partial charge is 0.376 e. The van der Waals surface area contributed by atoms with Gasteiger partial charge in [-0.25, -0.2) is 0 Å². The van der Waals surface area contributed by atoms with Crippen molar-refractivity contribution in [1.29, 1.82) is 0 Å². The molecule has 112 valence electrons. The van der Waals surface area contributed by atoms with Gasteiger partial charge in [-0.1, -0.05) is 13.8 Å². The minimum absolute atomic E-state index is 0. The van der Waals surface area contributed by atoms with Crippen LogP contribution in [0.3, 0.4) is 0 Å². The van der Waals surface area contributed by atoms with E-state index < -0.39 is 0 Å². The molecule has 0 spiro atoms. The zero-order valence-corrected chi connectivity index (χ0v) is 12.4. The number of likely N-dealkylation sites (tertiary alicyclic amines) is 1. The van der Waals surface area contributed by atoms with Crippen LogP contribution in [0.2, 0.25) is 0 Å².